The van der Waals surface area contributed by atoms with Crippen LogP contribution >= 0.6 is 0 Å². The van der Waals surface area contributed by atoms with E-state index in [1.165, 1.54) is 44.1 Å². The second kappa shape index (κ2) is 6.17. The second-order valence-electron chi connectivity index (χ2n) is 6.33. The third-order valence-electron chi connectivity index (χ3n) is 4.79. The van der Waals surface area contributed by atoms with Gasteiger partial charge in [0.2, 0.25) is 0 Å². The van der Waals surface area contributed by atoms with E-state index in [0.29, 0.717) is 0 Å². The van der Waals surface area contributed by atoms with Crippen molar-refractivity contribution in [3.8, 4) is 5.75 Å². The quantitative estimate of drug-likeness (QED) is 0.866. The van der Waals surface area contributed by atoms with E-state index in [-0.39, 0.29) is 5.54 Å². The van der Waals surface area contributed by atoms with Gasteiger partial charge in [0.1, 0.15) is 5.75 Å². The van der Waals surface area contributed by atoms with Crippen molar-refractivity contribution in [2.24, 2.45) is 5.92 Å². The van der Waals surface area contributed by atoms with Crippen molar-refractivity contribution in [2.75, 3.05) is 13.2 Å². The van der Waals surface area contributed by atoms with Crippen LogP contribution in [0.15, 0.2) is 24.3 Å². The van der Waals surface area contributed by atoms with E-state index < -0.39 is 0 Å². The summed E-state index contributed by atoms with van der Waals surface area (Å²) in [5.74, 6) is 1.92. The molecule has 1 N–H and O–H groups in total. The fourth-order valence-electron chi connectivity index (χ4n) is 3.65. The highest BCUT2D eigenvalue weighted by Crippen LogP contribution is 2.51. The molecule has 0 spiro atoms. The van der Waals surface area contributed by atoms with E-state index in [4.69, 9.17) is 4.74 Å². The van der Waals surface area contributed by atoms with Crippen LogP contribution in [0.3, 0.4) is 0 Å². The molecule has 110 valence electrons. The largest absolute Gasteiger partial charge is 0.493 e. The fourth-order valence-corrected chi connectivity index (χ4v) is 3.65. The minimum atomic E-state index is 0.181. The van der Waals surface area contributed by atoms with Crippen molar-refractivity contribution < 1.29 is 4.74 Å². The summed E-state index contributed by atoms with van der Waals surface area (Å²) in [5.41, 5.74) is 1.60. The Morgan fingerprint density at radius 1 is 1.20 bits per heavy atom. The Balaban J connectivity index is 1.94. The van der Waals surface area contributed by atoms with E-state index in [1.54, 1.807) is 0 Å². The molecule has 1 aliphatic carbocycles. The molecule has 2 aliphatic rings. The first-order valence-electron chi connectivity index (χ1n) is 8.34. The van der Waals surface area contributed by atoms with Gasteiger partial charge in [0.15, 0.2) is 0 Å². The lowest BCUT2D eigenvalue weighted by Crippen LogP contribution is -2.44. The van der Waals surface area contributed by atoms with Crippen molar-refractivity contribution >= 4 is 0 Å². The highest BCUT2D eigenvalue weighted by Gasteiger charge is 2.47. The average Bonchev–Trinajstić information content (AvgIpc) is 3.31. The third kappa shape index (κ3) is 2.71. The van der Waals surface area contributed by atoms with Gasteiger partial charge in [-0.3, -0.25) is 0 Å². The van der Waals surface area contributed by atoms with Gasteiger partial charge in [-0.25, -0.2) is 0 Å². The maximum Gasteiger partial charge on any atom is 0.124 e. The Bertz CT molecular complexity index is 431. The van der Waals surface area contributed by atoms with Gasteiger partial charge in [-0.1, -0.05) is 38.0 Å². The SMILES string of the molecule is CCCOc1ccccc1C1(C2CC2)CCCCCN1. The molecule has 2 heteroatoms. The molecule has 0 radical (unpaired) electrons. The molecule has 1 unspecified atom stereocenters. The number of hydrogen-bond acceptors (Lipinski definition) is 2. The molecular weight excluding hydrogens is 246 g/mol. The maximum absolute atomic E-state index is 6.04. The topological polar surface area (TPSA) is 21.3 Å². The molecule has 1 saturated heterocycles. The molecule has 1 saturated carbocycles. The van der Waals surface area contributed by atoms with E-state index in [2.05, 4.69) is 36.5 Å². The number of nitrogens with one attached hydrogen (secondary N) is 1. The molecule has 0 amide bonds. The Hall–Kier alpha value is -1.02. The van der Waals surface area contributed by atoms with Gasteiger partial charge in [-0.15, -0.1) is 0 Å². The van der Waals surface area contributed by atoms with Gasteiger partial charge in [0.05, 0.1) is 6.61 Å². The van der Waals surface area contributed by atoms with Crippen LogP contribution in [-0.2, 0) is 5.54 Å². The van der Waals surface area contributed by atoms with Crippen LogP contribution in [0.4, 0.5) is 0 Å². The predicted molar refractivity (Wildman–Crippen MR) is 83.1 cm³/mol. The second-order valence-corrected chi connectivity index (χ2v) is 6.33. The van der Waals surface area contributed by atoms with Crippen molar-refractivity contribution in [3.05, 3.63) is 29.8 Å². The molecular formula is C18H27NO. The molecule has 1 aliphatic heterocycles. The van der Waals surface area contributed by atoms with Gasteiger partial charge in [-0.2, -0.15) is 0 Å². The first kappa shape index (κ1) is 13.9. The highest BCUT2D eigenvalue weighted by molar-refractivity contribution is 5.41. The lowest BCUT2D eigenvalue weighted by Gasteiger charge is -2.36. The van der Waals surface area contributed by atoms with Gasteiger partial charge in [0, 0.05) is 11.1 Å². The zero-order valence-electron chi connectivity index (χ0n) is 12.7. The molecule has 1 atom stereocenters. The third-order valence-corrected chi connectivity index (χ3v) is 4.79. The van der Waals surface area contributed by atoms with Gasteiger partial charge in [0.25, 0.3) is 0 Å². The Morgan fingerprint density at radius 3 is 2.85 bits per heavy atom. The summed E-state index contributed by atoms with van der Waals surface area (Å²) >= 11 is 0. The highest BCUT2D eigenvalue weighted by atomic mass is 16.5. The maximum atomic E-state index is 6.04. The van der Waals surface area contributed by atoms with Crippen LogP contribution in [0.2, 0.25) is 0 Å². The molecule has 20 heavy (non-hydrogen) atoms. The molecule has 2 nitrogen and oxygen atoms in total. The van der Waals surface area contributed by atoms with Crippen molar-refractivity contribution in [1.82, 2.24) is 5.32 Å². The smallest absolute Gasteiger partial charge is 0.124 e. The van der Waals surface area contributed by atoms with Gasteiger partial charge >= 0.3 is 0 Å². The summed E-state index contributed by atoms with van der Waals surface area (Å²) < 4.78 is 6.04. The number of rotatable bonds is 5. The zero-order valence-corrected chi connectivity index (χ0v) is 12.7. The summed E-state index contributed by atoms with van der Waals surface area (Å²) in [5, 5.41) is 3.91. The minimum Gasteiger partial charge on any atom is -0.493 e. The van der Waals surface area contributed by atoms with Crippen molar-refractivity contribution in [1.29, 1.82) is 0 Å². The molecule has 1 heterocycles. The van der Waals surface area contributed by atoms with Gasteiger partial charge in [-0.05, 0) is 50.6 Å². The van der Waals surface area contributed by atoms with Crippen LogP contribution in [0.1, 0.15) is 57.4 Å². The number of hydrogen-bond donors (Lipinski definition) is 1. The first-order valence-corrected chi connectivity index (χ1v) is 8.34. The molecule has 1 aromatic carbocycles. The Labute approximate surface area is 122 Å². The normalized spacial score (nSPS) is 27.1. The van der Waals surface area contributed by atoms with Crippen LogP contribution in [0, 0.1) is 5.92 Å². The molecule has 0 aromatic heterocycles. The van der Waals surface area contributed by atoms with Crippen molar-refractivity contribution in [2.45, 2.75) is 57.4 Å². The fraction of sp³-hybridized carbons (Fsp3) is 0.667. The van der Waals surface area contributed by atoms with Gasteiger partial charge < -0.3 is 10.1 Å². The Morgan fingerprint density at radius 2 is 2.05 bits per heavy atom. The Kier molecular flexibility index (Phi) is 4.30. The van der Waals surface area contributed by atoms with E-state index >= 15 is 0 Å². The van der Waals surface area contributed by atoms with Crippen LogP contribution in [0.25, 0.3) is 0 Å². The predicted octanol–water partition coefficient (Wildman–Crippen LogP) is 4.24. The molecule has 0 bridgehead atoms. The molecule has 2 fully saturated rings. The average molecular weight is 273 g/mol. The summed E-state index contributed by atoms with van der Waals surface area (Å²) in [7, 11) is 0. The zero-order chi connectivity index (χ0) is 13.8. The van der Waals surface area contributed by atoms with Crippen LogP contribution < -0.4 is 10.1 Å². The van der Waals surface area contributed by atoms with E-state index in [1.807, 2.05) is 0 Å². The van der Waals surface area contributed by atoms with E-state index in [9.17, 15) is 0 Å². The standard InChI is InChI=1S/C18H27NO/c1-2-14-20-17-9-5-4-8-16(17)18(15-10-11-15)12-6-3-7-13-19-18/h4-5,8-9,15,19H,2-3,6-7,10-14H2,1H3. The number of benzene rings is 1. The lowest BCUT2D eigenvalue weighted by molar-refractivity contribution is 0.252. The van der Waals surface area contributed by atoms with Crippen LogP contribution in [-0.4, -0.2) is 13.2 Å². The van der Waals surface area contributed by atoms with Crippen LogP contribution in [0.5, 0.6) is 5.75 Å². The minimum absolute atomic E-state index is 0.181. The summed E-state index contributed by atoms with van der Waals surface area (Å²) in [6, 6.07) is 8.72. The first-order chi connectivity index (χ1) is 9.87. The number of ether oxygens (including phenoxy) is 1. The summed E-state index contributed by atoms with van der Waals surface area (Å²) in [4.78, 5) is 0. The van der Waals surface area contributed by atoms with Crippen molar-refractivity contribution in [3.63, 3.8) is 0 Å². The lowest BCUT2D eigenvalue weighted by atomic mass is 9.80. The summed E-state index contributed by atoms with van der Waals surface area (Å²) in [6.45, 7) is 4.14. The number of para-hydroxylation sites is 1. The summed E-state index contributed by atoms with van der Waals surface area (Å²) in [6.07, 6.45) is 9.09. The van der Waals surface area contributed by atoms with E-state index in [0.717, 1.165) is 31.2 Å². The molecule has 3 rings (SSSR count). The monoisotopic (exact) mass is 273 g/mol. The molecule has 1 aromatic rings.